The summed E-state index contributed by atoms with van der Waals surface area (Å²) in [6, 6.07) is 0. The van der Waals surface area contributed by atoms with Crippen molar-refractivity contribution >= 4 is 10.0 Å². The third-order valence-electron chi connectivity index (χ3n) is 2.35. The predicted octanol–water partition coefficient (Wildman–Crippen LogP) is 0.251. The molecule has 0 aliphatic carbocycles. The van der Waals surface area contributed by atoms with E-state index < -0.39 is 10.0 Å². The summed E-state index contributed by atoms with van der Waals surface area (Å²) in [5, 5.41) is 4.88. The van der Waals surface area contributed by atoms with Gasteiger partial charge in [-0.2, -0.15) is 0 Å². The summed E-state index contributed by atoms with van der Waals surface area (Å²) in [4.78, 5) is 0. The first kappa shape index (κ1) is 12.9. The van der Waals surface area contributed by atoms with E-state index in [9.17, 15) is 8.42 Å². The van der Waals surface area contributed by atoms with Gasteiger partial charge in [0, 0.05) is 19.8 Å². The average molecular weight is 237 g/mol. The maximum absolute atomic E-state index is 10.6. The molecule has 0 aromatic rings. The molecule has 2 N–H and O–H groups in total. The van der Waals surface area contributed by atoms with Gasteiger partial charge in [-0.1, -0.05) is 0 Å². The average Bonchev–Trinajstić information content (AvgIpc) is 2.17. The van der Waals surface area contributed by atoms with E-state index in [1.165, 1.54) is 0 Å². The lowest BCUT2D eigenvalue weighted by Crippen LogP contribution is -2.24. The number of hydrogen-bond acceptors (Lipinski definition) is 4. The molecule has 1 rings (SSSR count). The lowest BCUT2D eigenvalue weighted by molar-refractivity contribution is -0.0323. The van der Waals surface area contributed by atoms with Crippen molar-refractivity contribution in [2.45, 2.75) is 31.8 Å². The Hall–Kier alpha value is -0.170. The Morgan fingerprint density at radius 1 is 1.27 bits per heavy atom. The lowest BCUT2D eigenvalue weighted by atomic mass is 10.1. The van der Waals surface area contributed by atoms with Crippen molar-refractivity contribution < 1.29 is 17.9 Å². The van der Waals surface area contributed by atoms with Gasteiger partial charge in [0.05, 0.1) is 11.9 Å². The SMILES string of the molecule is NS(=O)(=O)CCCCOC1CCOCC1. The van der Waals surface area contributed by atoms with E-state index in [-0.39, 0.29) is 11.9 Å². The van der Waals surface area contributed by atoms with Gasteiger partial charge >= 0.3 is 0 Å². The first-order valence-corrected chi connectivity index (χ1v) is 6.99. The van der Waals surface area contributed by atoms with Crippen molar-refractivity contribution in [1.29, 1.82) is 0 Å². The Labute approximate surface area is 91.0 Å². The molecule has 15 heavy (non-hydrogen) atoms. The molecule has 0 unspecified atom stereocenters. The van der Waals surface area contributed by atoms with E-state index in [0.717, 1.165) is 32.5 Å². The second kappa shape index (κ2) is 6.42. The summed E-state index contributed by atoms with van der Waals surface area (Å²) in [5.41, 5.74) is 0. The molecule has 1 heterocycles. The van der Waals surface area contributed by atoms with E-state index in [1.54, 1.807) is 0 Å². The van der Waals surface area contributed by atoms with Gasteiger partial charge in [0.15, 0.2) is 0 Å². The van der Waals surface area contributed by atoms with E-state index in [0.29, 0.717) is 13.0 Å². The molecule has 6 heteroatoms. The Kier molecular flexibility index (Phi) is 5.52. The van der Waals surface area contributed by atoms with Crippen LogP contribution in [0.25, 0.3) is 0 Å². The maximum Gasteiger partial charge on any atom is 0.209 e. The van der Waals surface area contributed by atoms with Crippen LogP contribution in [0.4, 0.5) is 0 Å². The Bertz CT molecular complexity index is 259. The summed E-state index contributed by atoms with van der Waals surface area (Å²) in [6.07, 6.45) is 3.48. The highest BCUT2D eigenvalue weighted by Gasteiger charge is 2.13. The molecular formula is C9H19NO4S. The Morgan fingerprint density at radius 2 is 1.93 bits per heavy atom. The topological polar surface area (TPSA) is 78.6 Å². The van der Waals surface area contributed by atoms with Crippen LogP contribution in [0, 0.1) is 0 Å². The fraction of sp³-hybridized carbons (Fsp3) is 1.00. The van der Waals surface area contributed by atoms with Crippen LogP contribution in [0.3, 0.4) is 0 Å². The van der Waals surface area contributed by atoms with Gasteiger partial charge in [-0.3, -0.25) is 0 Å². The molecule has 0 radical (unpaired) electrons. The maximum atomic E-state index is 10.6. The summed E-state index contributed by atoms with van der Waals surface area (Å²) in [5.74, 6) is 0.0458. The fourth-order valence-corrected chi connectivity index (χ4v) is 2.10. The molecule has 0 atom stereocenters. The summed E-state index contributed by atoms with van der Waals surface area (Å²) < 4.78 is 32.0. The van der Waals surface area contributed by atoms with Gasteiger partial charge in [-0.05, 0) is 25.7 Å². The molecule has 1 saturated heterocycles. The van der Waals surface area contributed by atoms with Crippen LogP contribution >= 0.6 is 0 Å². The highest BCUT2D eigenvalue weighted by atomic mass is 32.2. The van der Waals surface area contributed by atoms with Crippen molar-refractivity contribution in [3.63, 3.8) is 0 Å². The van der Waals surface area contributed by atoms with E-state index in [1.807, 2.05) is 0 Å². The zero-order valence-corrected chi connectivity index (χ0v) is 9.67. The monoisotopic (exact) mass is 237 g/mol. The van der Waals surface area contributed by atoms with Crippen LogP contribution in [0.5, 0.6) is 0 Å². The van der Waals surface area contributed by atoms with Crippen molar-refractivity contribution in [1.82, 2.24) is 0 Å². The van der Waals surface area contributed by atoms with Gasteiger partial charge in [0.2, 0.25) is 10.0 Å². The highest BCUT2D eigenvalue weighted by Crippen LogP contribution is 2.10. The van der Waals surface area contributed by atoms with Gasteiger partial charge in [-0.15, -0.1) is 0 Å². The molecule has 1 aliphatic heterocycles. The Morgan fingerprint density at radius 3 is 2.53 bits per heavy atom. The molecule has 0 bridgehead atoms. The number of primary sulfonamides is 1. The highest BCUT2D eigenvalue weighted by molar-refractivity contribution is 7.89. The van der Waals surface area contributed by atoms with Gasteiger partial charge in [0.25, 0.3) is 0 Å². The molecule has 0 aromatic heterocycles. The summed E-state index contributed by atoms with van der Waals surface area (Å²) in [7, 11) is -3.31. The predicted molar refractivity (Wildman–Crippen MR) is 57.0 cm³/mol. The zero-order chi connectivity index (χ0) is 11.1. The van der Waals surface area contributed by atoms with Crippen molar-refractivity contribution in [3.8, 4) is 0 Å². The van der Waals surface area contributed by atoms with Crippen LogP contribution in [0.1, 0.15) is 25.7 Å². The third kappa shape index (κ3) is 6.83. The summed E-state index contributed by atoms with van der Waals surface area (Å²) in [6.45, 7) is 2.14. The standard InChI is InChI=1S/C9H19NO4S/c10-15(11,12)8-2-1-5-14-9-3-6-13-7-4-9/h9H,1-8H2,(H2,10,11,12). The van der Waals surface area contributed by atoms with Crippen molar-refractivity contribution in [2.24, 2.45) is 5.14 Å². The van der Waals surface area contributed by atoms with E-state index in [4.69, 9.17) is 14.6 Å². The molecule has 1 aliphatic rings. The van der Waals surface area contributed by atoms with Crippen LogP contribution in [0.2, 0.25) is 0 Å². The van der Waals surface area contributed by atoms with Crippen molar-refractivity contribution in [3.05, 3.63) is 0 Å². The minimum Gasteiger partial charge on any atom is -0.381 e. The second-order valence-electron chi connectivity index (χ2n) is 3.76. The van der Waals surface area contributed by atoms with Crippen LogP contribution < -0.4 is 5.14 Å². The largest absolute Gasteiger partial charge is 0.381 e. The lowest BCUT2D eigenvalue weighted by Gasteiger charge is -2.22. The minimum absolute atomic E-state index is 0.0458. The number of unbranched alkanes of at least 4 members (excludes halogenated alkanes) is 1. The third-order valence-corrected chi connectivity index (χ3v) is 3.20. The first-order valence-electron chi connectivity index (χ1n) is 5.28. The number of ether oxygens (including phenoxy) is 2. The zero-order valence-electron chi connectivity index (χ0n) is 8.85. The first-order chi connectivity index (χ1) is 7.08. The normalized spacial score (nSPS) is 19.3. The van der Waals surface area contributed by atoms with Gasteiger partial charge < -0.3 is 9.47 Å². The van der Waals surface area contributed by atoms with Gasteiger partial charge in [-0.25, -0.2) is 13.6 Å². The number of nitrogens with two attached hydrogens (primary N) is 1. The number of hydrogen-bond donors (Lipinski definition) is 1. The molecule has 0 spiro atoms. The van der Waals surface area contributed by atoms with Crippen LogP contribution in [-0.2, 0) is 19.5 Å². The van der Waals surface area contributed by atoms with E-state index >= 15 is 0 Å². The second-order valence-corrected chi connectivity index (χ2v) is 5.49. The van der Waals surface area contributed by atoms with E-state index in [2.05, 4.69) is 0 Å². The van der Waals surface area contributed by atoms with Crippen LogP contribution in [0.15, 0.2) is 0 Å². The Balaban J connectivity index is 1.96. The molecule has 0 amide bonds. The fourth-order valence-electron chi connectivity index (χ4n) is 1.50. The number of sulfonamides is 1. The smallest absolute Gasteiger partial charge is 0.209 e. The van der Waals surface area contributed by atoms with Crippen molar-refractivity contribution in [2.75, 3.05) is 25.6 Å². The molecule has 90 valence electrons. The molecule has 5 nitrogen and oxygen atoms in total. The molecule has 0 aromatic carbocycles. The molecular weight excluding hydrogens is 218 g/mol. The molecule has 1 fully saturated rings. The van der Waals surface area contributed by atoms with Gasteiger partial charge in [0.1, 0.15) is 0 Å². The summed E-state index contributed by atoms with van der Waals surface area (Å²) >= 11 is 0. The van der Waals surface area contributed by atoms with Crippen LogP contribution in [-0.4, -0.2) is 40.1 Å². The quantitative estimate of drug-likeness (QED) is 0.672. The molecule has 0 saturated carbocycles. The minimum atomic E-state index is -3.31. The number of rotatable bonds is 6.